The number of piperidine rings is 4. The van der Waals surface area contributed by atoms with Crippen LogP contribution in [0.3, 0.4) is 0 Å². The zero-order valence-corrected chi connectivity index (χ0v) is 81.0. The normalized spacial score (nSPS) is 15.6. The number of nitrogen functional groups attached to an aromatic ring is 2. The maximum absolute atomic E-state index is 13.5. The highest BCUT2D eigenvalue weighted by Crippen LogP contribution is 2.41. The third kappa shape index (κ3) is 26.0. The number of thiophene rings is 4. The fourth-order valence-electron chi connectivity index (χ4n) is 16.1. The van der Waals surface area contributed by atoms with Crippen molar-refractivity contribution in [3.8, 4) is 45.0 Å². The number of rotatable bonds is 18. The number of benzene rings is 4. The molecule has 7 N–H and O–H groups in total. The first-order valence-corrected chi connectivity index (χ1v) is 48.8. The van der Waals surface area contributed by atoms with Crippen LogP contribution in [0.15, 0.2) is 195 Å². The van der Waals surface area contributed by atoms with E-state index in [0.29, 0.717) is 70.2 Å². The Balaban J connectivity index is 0.000000140. The number of aliphatic carboxylic acids is 1. The molecule has 4 aromatic carbocycles. The minimum atomic E-state index is -2.66. The molecule has 32 heteroatoms. The first kappa shape index (κ1) is 99.3. The van der Waals surface area contributed by atoms with Crippen LogP contribution in [0.4, 0.5) is 46.8 Å². The molecule has 0 spiro atoms. The highest BCUT2D eigenvalue weighted by atomic mass is 32.1. The van der Waals surface area contributed by atoms with E-state index < -0.39 is 29.7 Å². The number of amides is 1. The molecule has 135 heavy (non-hydrogen) atoms. The van der Waals surface area contributed by atoms with Crippen LogP contribution in [0.5, 0.6) is 0 Å². The van der Waals surface area contributed by atoms with Crippen molar-refractivity contribution in [3.05, 3.63) is 270 Å². The Bertz CT molecular complexity index is 6290. The molecular formula is C103H101F8N13O4S7. The Morgan fingerprint density at radius 1 is 0.385 bits per heavy atom. The maximum Gasteiger partial charge on any atom is 0.328 e. The van der Waals surface area contributed by atoms with Gasteiger partial charge in [0.1, 0.15) is 26.6 Å². The van der Waals surface area contributed by atoms with Crippen molar-refractivity contribution in [2.24, 2.45) is 5.73 Å². The predicted molar refractivity (Wildman–Crippen MR) is 545 cm³/mol. The standard InChI is InChI=1S/C30H28F2N4OS2.C22H22F2N2OS.C22H22F2N2S2.C21H21F2N3S2.C8H8N2O2/c1-19-14-22(26-8-4-21(18-34-26)29(38)36-12-10-30(31,32)11-13-36)15-23-16-25(39-28(19)23)7-6-24(37)5-2-20-3-9-27(33)35-17-20;2*1-3-18-12-17-11-16(10-14(2)20(17)28-18)19-5-4-15(13-25-19)21(27)26-8-6-22(23,24)7-9-26;1-13-8-15(9-16-10-17(11-24)28-19(13)16)18-3-2-14(12-25-18)20(27)26-6-4-21(22,23)5-7-26;9-7-3-1-6(5-10-7)2-4-8(11)12/h2-5,8-9,14-18H,6-7,10-13H2,1H3,(H2,33,35);2*4-5,10-13H,3,6-9H2,1-2H3;2-3,8-10,12H,4-7,11,24H2,1H3;1-5H,(H2,9,10)(H,11,12)/b5-2+;;;;4-2+. The number of thiocarbonyl (C=S) groups is 3. The van der Waals surface area contributed by atoms with E-state index in [0.717, 1.165) is 107 Å². The molecule has 1 amide bonds. The molecule has 0 bridgehead atoms. The number of fused-ring (bicyclic) bond motifs is 4. The first-order valence-electron chi connectivity index (χ1n) is 44.4. The molecule has 0 unspecified atom stereocenters. The van der Waals surface area contributed by atoms with Crippen molar-refractivity contribution in [2.45, 2.75) is 149 Å². The molecule has 0 aliphatic carbocycles. The average molecular weight is 1960 g/mol. The van der Waals surface area contributed by atoms with E-state index in [2.05, 4.69) is 144 Å². The van der Waals surface area contributed by atoms with Crippen LogP contribution >= 0.6 is 82.0 Å². The van der Waals surface area contributed by atoms with Gasteiger partial charge in [0.25, 0.3) is 29.6 Å². The number of aromatic nitrogens is 6. The summed E-state index contributed by atoms with van der Waals surface area (Å²) in [5.74, 6) is -10.7. The summed E-state index contributed by atoms with van der Waals surface area (Å²) in [6, 6.07) is 47.9. The fraction of sp³-hybridized carbons (Fsp3) is 0.301. The van der Waals surface area contributed by atoms with Crippen molar-refractivity contribution in [1.29, 1.82) is 0 Å². The predicted octanol–water partition coefficient (Wildman–Crippen LogP) is 24.7. The van der Waals surface area contributed by atoms with Gasteiger partial charge in [-0.05, 0) is 266 Å². The molecule has 4 fully saturated rings. The van der Waals surface area contributed by atoms with E-state index in [9.17, 15) is 49.5 Å². The molecule has 14 heterocycles. The third-order valence-corrected chi connectivity index (χ3v) is 30.8. The van der Waals surface area contributed by atoms with E-state index in [4.69, 9.17) is 59.0 Å². The zero-order chi connectivity index (χ0) is 96.2. The summed E-state index contributed by atoms with van der Waals surface area (Å²) in [5, 5.41) is 13.1. The quantitative estimate of drug-likeness (QED) is 0.0355. The lowest BCUT2D eigenvalue weighted by molar-refractivity contribution is -0.131. The van der Waals surface area contributed by atoms with Crippen LogP contribution in [0.2, 0.25) is 0 Å². The highest BCUT2D eigenvalue weighted by Gasteiger charge is 2.39. The minimum Gasteiger partial charge on any atom is -0.478 e. The number of hydrogen-bond donors (Lipinski definition) is 4. The SMILES string of the molecule is CCc1cc2cc(-c3ccc(C(=O)N4CCC(F)(F)CC4)cn3)cc(C)c2s1.CCc1cc2cc(-c3ccc(C(=S)N4CCC(F)(F)CC4)cn3)cc(C)c2s1.Cc1cc(-c2ccc(C(=S)N3CCC(F)(F)CC3)cn2)cc2cc(CCC(=O)/C=C/c3ccc(N)nc3)sc12.Cc1cc(-c2ccc(C(=S)N3CCC(F)(F)CC3)cn2)cc2cc(CN)sc12.Nc1ccc(/C=C/C(=O)O)cn1. The van der Waals surface area contributed by atoms with Crippen molar-refractivity contribution >= 4 is 179 Å². The highest BCUT2D eigenvalue weighted by molar-refractivity contribution is 7.81. The van der Waals surface area contributed by atoms with Crippen LogP contribution < -0.4 is 17.2 Å². The smallest absolute Gasteiger partial charge is 0.328 e. The molecule has 4 saturated heterocycles. The largest absolute Gasteiger partial charge is 0.478 e. The van der Waals surface area contributed by atoms with Crippen LogP contribution in [-0.4, -0.2) is 163 Å². The third-order valence-electron chi connectivity index (χ3n) is 23.8. The second kappa shape index (κ2) is 43.6. The van der Waals surface area contributed by atoms with Gasteiger partial charge in [-0.2, -0.15) is 0 Å². The first-order chi connectivity index (χ1) is 64.4. The van der Waals surface area contributed by atoms with Gasteiger partial charge >= 0.3 is 5.97 Å². The lowest BCUT2D eigenvalue weighted by Gasteiger charge is -2.33. The van der Waals surface area contributed by atoms with Gasteiger partial charge in [0.2, 0.25) is 0 Å². The zero-order valence-electron chi connectivity index (χ0n) is 75.2. The number of ketones is 1. The number of carboxylic acid groups (broad SMARTS) is 1. The van der Waals surface area contributed by atoms with E-state index in [1.807, 2.05) is 85.9 Å². The van der Waals surface area contributed by atoms with E-state index in [1.54, 1.807) is 90.1 Å². The van der Waals surface area contributed by atoms with E-state index >= 15 is 0 Å². The second-order valence-electron chi connectivity index (χ2n) is 33.9. The Morgan fingerprint density at radius 2 is 0.681 bits per heavy atom. The molecule has 18 rings (SSSR count). The molecule has 0 radical (unpaired) electrons. The van der Waals surface area contributed by atoms with Crippen LogP contribution in [-0.2, 0) is 35.4 Å². The number of alkyl halides is 8. The number of hydrogen-bond acceptors (Lipinski definition) is 19. The van der Waals surface area contributed by atoms with Gasteiger partial charge in [-0.1, -0.05) is 50.5 Å². The molecule has 4 aliphatic rings. The molecular weight excluding hydrogens is 1860 g/mol. The van der Waals surface area contributed by atoms with Gasteiger partial charge in [-0.15, -0.1) is 45.3 Å². The van der Waals surface area contributed by atoms with E-state index in [-0.39, 0.29) is 102 Å². The number of anilines is 2. The van der Waals surface area contributed by atoms with Crippen molar-refractivity contribution in [1.82, 2.24) is 49.5 Å². The van der Waals surface area contributed by atoms with Gasteiger partial charge in [0.05, 0.1) is 28.3 Å². The number of nitrogens with zero attached hydrogens (tertiary/aromatic N) is 10. The van der Waals surface area contributed by atoms with Gasteiger partial charge in [-0.25, -0.2) is 49.9 Å². The Kier molecular flexibility index (Phi) is 32.1. The Hall–Kier alpha value is -11.6. The molecule has 0 saturated carbocycles. The number of aryl methyl sites for hydroxylation is 7. The summed E-state index contributed by atoms with van der Waals surface area (Å²) in [6.07, 6.45) is 17.5. The summed E-state index contributed by atoms with van der Waals surface area (Å²) >= 11 is 23.7. The number of halogens is 8. The lowest BCUT2D eigenvalue weighted by atomic mass is 10.0. The number of carbonyl (C=O) groups is 3. The number of likely N-dealkylation sites (tertiary alicyclic amines) is 4. The van der Waals surface area contributed by atoms with Gasteiger partial charge in [-0.3, -0.25) is 29.5 Å². The number of nitrogens with two attached hydrogens (primary N) is 3. The number of allylic oxidation sites excluding steroid dienone is 1. The number of carboxylic acids is 1. The topological polar surface area (TPSA) is 240 Å². The summed E-state index contributed by atoms with van der Waals surface area (Å²) in [5.41, 5.74) is 33.4. The monoisotopic (exact) mass is 1960 g/mol. The molecule has 0 atom stereocenters. The van der Waals surface area contributed by atoms with Gasteiger partial charge < -0.3 is 41.9 Å². The molecule has 14 aromatic rings. The van der Waals surface area contributed by atoms with E-state index in [1.165, 1.54) is 78.6 Å². The summed E-state index contributed by atoms with van der Waals surface area (Å²) in [7, 11) is 0. The molecule has 700 valence electrons. The molecule has 17 nitrogen and oxygen atoms in total. The maximum atomic E-state index is 13.5. The van der Waals surface area contributed by atoms with Crippen LogP contribution in [0.1, 0.15) is 152 Å². The molecule has 10 aromatic heterocycles. The fourth-order valence-corrected chi connectivity index (χ4v) is 21.2. The molecule has 4 aliphatic heterocycles. The average Bonchev–Trinajstić information content (AvgIpc) is 1.68. The van der Waals surface area contributed by atoms with Gasteiger partial charge in [0.15, 0.2) is 5.78 Å². The van der Waals surface area contributed by atoms with Gasteiger partial charge in [0, 0.05) is 237 Å². The van der Waals surface area contributed by atoms with Crippen LogP contribution in [0.25, 0.3) is 97.5 Å². The Labute approximate surface area is 810 Å². The van der Waals surface area contributed by atoms with Crippen molar-refractivity contribution in [2.75, 3.05) is 63.8 Å². The number of pyridine rings is 6. The Morgan fingerprint density at radius 3 is 0.978 bits per heavy atom. The second-order valence-corrected chi connectivity index (χ2v) is 39.6. The number of carbonyl (C=O) groups excluding carboxylic acids is 2. The van der Waals surface area contributed by atoms with Crippen molar-refractivity contribution < 1.29 is 54.6 Å². The van der Waals surface area contributed by atoms with Crippen LogP contribution in [0, 0.1) is 27.7 Å². The lowest BCUT2D eigenvalue weighted by Crippen LogP contribution is -2.42. The summed E-state index contributed by atoms with van der Waals surface area (Å²) in [4.78, 5) is 75.0. The summed E-state index contributed by atoms with van der Waals surface area (Å²) < 4.78 is 112. The van der Waals surface area contributed by atoms with Crippen molar-refractivity contribution in [3.63, 3.8) is 0 Å². The minimum absolute atomic E-state index is 0.0576. The summed E-state index contributed by atoms with van der Waals surface area (Å²) in [6.45, 7) is 15.1.